The van der Waals surface area contributed by atoms with Crippen molar-refractivity contribution in [2.24, 2.45) is 11.7 Å². The van der Waals surface area contributed by atoms with Crippen LogP contribution in [0.2, 0.25) is 0 Å². The quantitative estimate of drug-likeness (QED) is 0.730. The second-order valence-electron chi connectivity index (χ2n) is 7.65. The van der Waals surface area contributed by atoms with Crippen LogP contribution in [0.15, 0.2) is 29.0 Å². The zero-order valence-electron chi connectivity index (χ0n) is 16.2. The predicted molar refractivity (Wildman–Crippen MR) is 120 cm³/mol. The van der Waals surface area contributed by atoms with Gasteiger partial charge < -0.3 is 15.6 Å². The van der Waals surface area contributed by atoms with Gasteiger partial charge in [-0.3, -0.25) is 4.90 Å². The summed E-state index contributed by atoms with van der Waals surface area (Å²) < 4.78 is 6.38. The molecule has 0 amide bonds. The Bertz CT molecular complexity index is 749. The fourth-order valence-corrected chi connectivity index (χ4v) is 5.06. The standard InChI is InChI=1S/C21H28N2O2S.2ClH/c1-14-2-3-17-18(21(14)24)10-19(25-20(17)11-22)16-4-7-23(8-5-16)12-15-6-9-26-13-15;;/h2-3,6,9,13,16,19-20,24H,4-5,7-8,10-12,22H2,1H3;2*1H/t19-,20-;;/m0../s1. The van der Waals surface area contributed by atoms with E-state index in [0.717, 1.165) is 55.6 Å². The zero-order valence-corrected chi connectivity index (χ0v) is 18.6. The molecule has 0 spiro atoms. The highest BCUT2D eigenvalue weighted by Crippen LogP contribution is 2.40. The topological polar surface area (TPSA) is 58.7 Å². The Kier molecular flexibility index (Phi) is 8.61. The Morgan fingerprint density at radius 3 is 2.61 bits per heavy atom. The van der Waals surface area contributed by atoms with Crippen LogP contribution in [0.4, 0.5) is 0 Å². The van der Waals surface area contributed by atoms with Crippen LogP contribution in [-0.2, 0) is 17.7 Å². The van der Waals surface area contributed by atoms with Gasteiger partial charge in [0, 0.05) is 25.1 Å². The van der Waals surface area contributed by atoms with Crippen LogP contribution in [0, 0.1) is 12.8 Å². The van der Waals surface area contributed by atoms with Crippen LogP contribution in [0.5, 0.6) is 5.75 Å². The number of thiophene rings is 1. The van der Waals surface area contributed by atoms with Gasteiger partial charge in [0.2, 0.25) is 0 Å². The molecule has 0 bridgehead atoms. The second-order valence-corrected chi connectivity index (χ2v) is 8.43. The summed E-state index contributed by atoms with van der Waals surface area (Å²) in [5.74, 6) is 0.972. The number of benzene rings is 1. The average molecular weight is 445 g/mol. The van der Waals surface area contributed by atoms with E-state index in [1.165, 1.54) is 5.56 Å². The Balaban J connectivity index is 0.00000140. The lowest BCUT2D eigenvalue weighted by atomic mass is 9.83. The van der Waals surface area contributed by atoms with E-state index in [2.05, 4.69) is 27.8 Å². The molecule has 7 heteroatoms. The summed E-state index contributed by atoms with van der Waals surface area (Å²) >= 11 is 1.77. The summed E-state index contributed by atoms with van der Waals surface area (Å²) in [5, 5.41) is 14.9. The number of aryl methyl sites for hydroxylation is 1. The number of rotatable bonds is 4. The Labute approximate surface area is 183 Å². The van der Waals surface area contributed by atoms with Crippen LogP contribution in [0.3, 0.4) is 0 Å². The zero-order chi connectivity index (χ0) is 18.1. The number of halogens is 2. The van der Waals surface area contributed by atoms with Crippen molar-refractivity contribution < 1.29 is 9.84 Å². The molecule has 1 saturated heterocycles. The molecule has 1 fully saturated rings. The van der Waals surface area contributed by atoms with E-state index in [1.54, 1.807) is 11.3 Å². The summed E-state index contributed by atoms with van der Waals surface area (Å²) in [5.41, 5.74) is 10.5. The van der Waals surface area contributed by atoms with Gasteiger partial charge in [0.1, 0.15) is 5.75 Å². The van der Waals surface area contributed by atoms with Gasteiger partial charge in [-0.2, -0.15) is 11.3 Å². The number of ether oxygens (including phenoxy) is 1. The first-order chi connectivity index (χ1) is 12.7. The summed E-state index contributed by atoms with van der Waals surface area (Å²) in [7, 11) is 0. The van der Waals surface area contributed by atoms with Gasteiger partial charge >= 0.3 is 0 Å². The van der Waals surface area contributed by atoms with Crippen molar-refractivity contribution in [1.29, 1.82) is 0 Å². The first-order valence-electron chi connectivity index (χ1n) is 9.56. The third kappa shape index (κ3) is 4.84. The van der Waals surface area contributed by atoms with Gasteiger partial charge in [-0.15, -0.1) is 24.8 Å². The molecule has 1 aromatic carbocycles. The highest BCUT2D eigenvalue weighted by Gasteiger charge is 2.35. The van der Waals surface area contributed by atoms with Crippen molar-refractivity contribution >= 4 is 36.2 Å². The molecule has 156 valence electrons. The first kappa shape index (κ1) is 23.5. The van der Waals surface area contributed by atoms with Crippen LogP contribution in [0.25, 0.3) is 0 Å². The third-order valence-electron chi connectivity index (χ3n) is 5.97. The normalized spacial score (nSPS) is 22.8. The number of aromatic hydroxyl groups is 1. The van der Waals surface area contributed by atoms with Crippen LogP contribution < -0.4 is 5.73 Å². The average Bonchev–Trinajstić information content (AvgIpc) is 3.17. The van der Waals surface area contributed by atoms with Gasteiger partial charge in [0.05, 0.1) is 12.2 Å². The predicted octanol–water partition coefficient (Wildman–Crippen LogP) is 4.46. The molecule has 2 aliphatic rings. The number of phenols is 1. The summed E-state index contributed by atoms with van der Waals surface area (Å²) in [6.45, 7) is 5.69. The Hall–Kier alpha value is -0.820. The highest BCUT2D eigenvalue weighted by atomic mass is 35.5. The molecule has 2 aliphatic heterocycles. The molecule has 2 aromatic rings. The minimum Gasteiger partial charge on any atom is -0.507 e. The number of likely N-dealkylation sites (tertiary alicyclic amines) is 1. The maximum absolute atomic E-state index is 10.6. The smallest absolute Gasteiger partial charge is 0.122 e. The molecular weight excluding hydrogens is 415 g/mol. The lowest BCUT2D eigenvalue weighted by molar-refractivity contribution is -0.0651. The molecule has 2 atom stereocenters. The molecule has 0 unspecified atom stereocenters. The van der Waals surface area contributed by atoms with E-state index < -0.39 is 0 Å². The minimum atomic E-state index is -0.0981. The van der Waals surface area contributed by atoms with E-state index >= 15 is 0 Å². The van der Waals surface area contributed by atoms with E-state index in [9.17, 15) is 5.11 Å². The first-order valence-corrected chi connectivity index (χ1v) is 10.5. The second kappa shape index (κ2) is 10.3. The van der Waals surface area contributed by atoms with E-state index in [-0.39, 0.29) is 37.0 Å². The molecule has 4 nitrogen and oxygen atoms in total. The van der Waals surface area contributed by atoms with E-state index in [4.69, 9.17) is 10.5 Å². The number of phenolic OH excluding ortho intramolecular Hbond substituents is 1. The summed E-state index contributed by atoms with van der Waals surface area (Å²) in [6.07, 6.45) is 3.16. The number of hydrogen-bond acceptors (Lipinski definition) is 5. The van der Waals surface area contributed by atoms with Gasteiger partial charge in [-0.25, -0.2) is 0 Å². The van der Waals surface area contributed by atoms with Crippen molar-refractivity contribution in [3.63, 3.8) is 0 Å². The molecule has 0 saturated carbocycles. The van der Waals surface area contributed by atoms with Gasteiger partial charge in [0.25, 0.3) is 0 Å². The van der Waals surface area contributed by atoms with E-state index in [0.29, 0.717) is 18.2 Å². The van der Waals surface area contributed by atoms with Crippen molar-refractivity contribution in [3.05, 3.63) is 51.2 Å². The Morgan fingerprint density at radius 1 is 1.21 bits per heavy atom. The molecule has 28 heavy (non-hydrogen) atoms. The molecule has 1 aromatic heterocycles. The molecule has 4 rings (SSSR count). The van der Waals surface area contributed by atoms with Crippen molar-refractivity contribution in [3.8, 4) is 5.75 Å². The fourth-order valence-electron chi connectivity index (χ4n) is 4.40. The largest absolute Gasteiger partial charge is 0.507 e. The molecular formula is C21H30Cl2N2O2S. The Morgan fingerprint density at radius 2 is 1.96 bits per heavy atom. The van der Waals surface area contributed by atoms with Gasteiger partial charge in [-0.1, -0.05) is 12.1 Å². The van der Waals surface area contributed by atoms with Crippen molar-refractivity contribution in [2.45, 2.75) is 44.9 Å². The minimum absolute atomic E-state index is 0. The number of nitrogens with zero attached hydrogens (tertiary/aromatic N) is 1. The van der Waals surface area contributed by atoms with Crippen LogP contribution >= 0.6 is 36.2 Å². The molecule has 0 aliphatic carbocycles. The maximum atomic E-state index is 10.6. The number of fused-ring (bicyclic) bond motifs is 1. The lowest BCUT2D eigenvalue weighted by Crippen LogP contribution is -2.41. The maximum Gasteiger partial charge on any atom is 0.122 e. The van der Waals surface area contributed by atoms with Crippen LogP contribution in [-0.4, -0.2) is 35.7 Å². The van der Waals surface area contributed by atoms with E-state index in [1.807, 2.05) is 13.0 Å². The van der Waals surface area contributed by atoms with Crippen molar-refractivity contribution in [2.75, 3.05) is 19.6 Å². The molecule has 0 radical (unpaired) electrons. The number of piperidine rings is 1. The fraction of sp³-hybridized carbons (Fsp3) is 0.524. The van der Waals surface area contributed by atoms with Gasteiger partial charge in [0.15, 0.2) is 0 Å². The lowest BCUT2D eigenvalue weighted by Gasteiger charge is -2.40. The van der Waals surface area contributed by atoms with Gasteiger partial charge in [-0.05, 0) is 72.3 Å². The highest BCUT2D eigenvalue weighted by molar-refractivity contribution is 7.07. The third-order valence-corrected chi connectivity index (χ3v) is 6.70. The summed E-state index contributed by atoms with van der Waals surface area (Å²) in [4.78, 5) is 2.54. The SMILES string of the molecule is Cc1ccc2c(c1O)C[C@@H](C1CCN(Cc3ccsc3)CC1)O[C@H]2CN.Cl.Cl. The summed E-state index contributed by atoms with van der Waals surface area (Å²) in [6, 6.07) is 6.25. The monoisotopic (exact) mass is 444 g/mol. The van der Waals surface area contributed by atoms with Crippen molar-refractivity contribution in [1.82, 2.24) is 4.90 Å². The number of hydrogen-bond donors (Lipinski definition) is 2. The molecule has 3 N–H and O–H groups in total. The molecule has 3 heterocycles. The number of nitrogens with two attached hydrogens (primary N) is 1. The van der Waals surface area contributed by atoms with Crippen LogP contribution in [0.1, 0.15) is 41.2 Å².